The Balaban J connectivity index is 0.00000264. The molecule has 0 fully saturated rings. The molecule has 0 saturated carbocycles. The summed E-state index contributed by atoms with van der Waals surface area (Å²) in [5, 5.41) is 0. The first-order chi connectivity index (χ1) is 10.5. The van der Waals surface area contributed by atoms with E-state index in [1.165, 1.54) is 0 Å². The van der Waals surface area contributed by atoms with E-state index in [1.807, 2.05) is 68.6 Å². The number of amides is 1. The summed E-state index contributed by atoms with van der Waals surface area (Å²) >= 11 is 3.51. The summed E-state index contributed by atoms with van der Waals surface area (Å²) in [6.07, 6.45) is 0. The van der Waals surface area contributed by atoms with Crippen molar-refractivity contribution in [3.05, 3.63) is 70.2 Å². The molecule has 2 N–H and O–H groups in total. The van der Waals surface area contributed by atoms with Crippen LogP contribution in [-0.2, 0) is 11.3 Å². The van der Waals surface area contributed by atoms with Gasteiger partial charge in [-0.15, -0.1) is 12.4 Å². The number of carbonyl (C=O) groups is 1. The topological polar surface area (TPSA) is 46.3 Å². The molecule has 23 heavy (non-hydrogen) atoms. The summed E-state index contributed by atoms with van der Waals surface area (Å²) in [5.74, 6) is -0.220. The molecule has 124 valence electrons. The van der Waals surface area contributed by atoms with E-state index in [0.717, 1.165) is 15.6 Å². The second-order valence-electron chi connectivity index (χ2n) is 5.51. The molecular weight excluding hydrogens is 376 g/mol. The van der Waals surface area contributed by atoms with Gasteiger partial charge < -0.3 is 10.6 Å². The average Bonchev–Trinajstić information content (AvgIpc) is 2.55. The smallest absolute Gasteiger partial charge is 0.227 e. The summed E-state index contributed by atoms with van der Waals surface area (Å²) in [7, 11) is 1.82. The minimum absolute atomic E-state index is 0. The Labute approximate surface area is 152 Å². The number of halogens is 2. The molecule has 0 aromatic heterocycles. The molecule has 0 spiro atoms. The second-order valence-corrected chi connectivity index (χ2v) is 6.37. The SMILES string of the molecule is CC(C(=O)N(C)Cc1ccccc1Br)C(N)c1ccccc1.Cl. The molecule has 0 aliphatic heterocycles. The van der Waals surface area contributed by atoms with E-state index in [0.29, 0.717) is 6.54 Å². The summed E-state index contributed by atoms with van der Waals surface area (Å²) in [6.45, 7) is 2.45. The minimum atomic E-state index is -0.296. The Morgan fingerprint density at radius 2 is 1.70 bits per heavy atom. The lowest BCUT2D eigenvalue weighted by molar-refractivity contribution is -0.134. The minimum Gasteiger partial charge on any atom is -0.341 e. The number of nitrogens with zero attached hydrogens (tertiary/aromatic N) is 1. The van der Waals surface area contributed by atoms with E-state index in [4.69, 9.17) is 5.73 Å². The fourth-order valence-electron chi connectivity index (χ4n) is 2.43. The lowest BCUT2D eigenvalue weighted by atomic mass is 9.94. The van der Waals surface area contributed by atoms with Gasteiger partial charge in [0, 0.05) is 24.1 Å². The first-order valence-corrected chi connectivity index (χ1v) is 8.09. The molecule has 0 saturated heterocycles. The van der Waals surface area contributed by atoms with Crippen molar-refractivity contribution in [2.45, 2.75) is 19.5 Å². The van der Waals surface area contributed by atoms with Crippen LogP contribution in [0.15, 0.2) is 59.1 Å². The molecule has 2 aromatic rings. The predicted octanol–water partition coefficient (Wildman–Crippen LogP) is 4.17. The van der Waals surface area contributed by atoms with Crippen molar-refractivity contribution in [1.82, 2.24) is 4.90 Å². The van der Waals surface area contributed by atoms with Crippen LogP contribution in [0.4, 0.5) is 0 Å². The van der Waals surface area contributed by atoms with Gasteiger partial charge in [0.15, 0.2) is 0 Å². The summed E-state index contributed by atoms with van der Waals surface area (Å²) in [5.41, 5.74) is 8.31. The fourth-order valence-corrected chi connectivity index (χ4v) is 2.84. The van der Waals surface area contributed by atoms with E-state index in [9.17, 15) is 4.79 Å². The van der Waals surface area contributed by atoms with E-state index < -0.39 is 0 Å². The van der Waals surface area contributed by atoms with Crippen molar-refractivity contribution < 1.29 is 4.79 Å². The summed E-state index contributed by atoms with van der Waals surface area (Å²) < 4.78 is 1.01. The van der Waals surface area contributed by atoms with Gasteiger partial charge in [-0.1, -0.05) is 71.4 Å². The average molecular weight is 398 g/mol. The van der Waals surface area contributed by atoms with E-state index in [-0.39, 0.29) is 30.3 Å². The Morgan fingerprint density at radius 3 is 2.30 bits per heavy atom. The Hall–Kier alpha value is -1.36. The van der Waals surface area contributed by atoms with Crippen molar-refractivity contribution in [3.63, 3.8) is 0 Å². The van der Waals surface area contributed by atoms with Crippen LogP contribution in [0.5, 0.6) is 0 Å². The van der Waals surface area contributed by atoms with Crippen molar-refractivity contribution in [2.24, 2.45) is 11.7 Å². The van der Waals surface area contributed by atoms with Gasteiger partial charge in [-0.05, 0) is 17.2 Å². The van der Waals surface area contributed by atoms with Crippen LogP contribution >= 0.6 is 28.3 Å². The zero-order valence-corrected chi connectivity index (χ0v) is 15.7. The lowest BCUT2D eigenvalue weighted by Crippen LogP contribution is -2.36. The number of rotatable bonds is 5. The van der Waals surface area contributed by atoms with E-state index in [1.54, 1.807) is 4.90 Å². The molecule has 0 aliphatic carbocycles. The molecule has 0 radical (unpaired) electrons. The van der Waals surface area contributed by atoms with Crippen LogP contribution in [0, 0.1) is 5.92 Å². The van der Waals surface area contributed by atoms with Crippen LogP contribution in [0.25, 0.3) is 0 Å². The molecule has 0 heterocycles. The molecule has 2 rings (SSSR count). The predicted molar refractivity (Wildman–Crippen MR) is 100 cm³/mol. The van der Waals surface area contributed by atoms with Crippen molar-refractivity contribution in [1.29, 1.82) is 0 Å². The lowest BCUT2D eigenvalue weighted by Gasteiger charge is -2.26. The third-order valence-corrected chi connectivity index (χ3v) is 4.63. The van der Waals surface area contributed by atoms with E-state index in [2.05, 4.69) is 15.9 Å². The number of nitrogens with two attached hydrogens (primary N) is 1. The molecular formula is C18H22BrClN2O. The molecule has 0 bridgehead atoms. The standard InChI is InChI=1S/C18H21BrN2O.ClH/c1-13(17(20)14-8-4-3-5-9-14)18(22)21(2)12-15-10-6-7-11-16(15)19;/h3-11,13,17H,12,20H2,1-2H3;1H. The van der Waals surface area contributed by atoms with Crippen molar-refractivity contribution in [3.8, 4) is 0 Å². The maximum atomic E-state index is 12.6. The van der Waals surface area contributed by atoms with Gasteiger partial charge in [0.2, 0.25) is 5.91 Å². The third-order valence-electron chi connectivity index (χ3n) is 3.85. The summed E-state index contributed by atoms with van der Waals surface area (Å²) in [4.78, 5) is 14.3. The highest BCUT2D eigenvalue weighted by Gasteiger charge is 2.25. The van der Waals surface area contributed by atoms with Gasteiger partial charge in [0.1, 0.15) is 0 Å². The molecule has 2 aromatic carbocycles. The highest BCUT2D eigenvalue weighted by atomic mass is 79.9. The molecule has 0 aliphatic rings. The second kappa shape index (κ2) is 9.06. The van der Waals surface area contributed by atoms with E-state index >= 15 is 0 Å². The zero-order valence-electron chi connectivity index (χ0n) is 13.3. The quantitative estimate of drug-likeness (QED) is 0.823. The third kappa shape index (κ3) is 5.06. The highest BCUT2D eigenvalue weighted by Crippen LogP contribution is 2.23. The number of hydrogen-bond donors (Lipinski definition) is 1. The first kappa shape index (κ1) is 19.7. The van der Waals surface area contributed by atoms with Crippen LogP contribution in [0.3, 0.4) is 0 Å². The van der Waals surface area contributed by atoms with Gasteiger partial charge in [-0.3, -0.25) is 4.79 Å². The van der Waals surface area contributed by atoms with Crippen LogP contribution in [0.1, 0.15) is 24.1 Å². The van der Waals surface area contributed by atoms with Crippen molar-refractivity contribution >= 4 is 34.2 Å². The van der Waals surface area contributed by atoms with Crippen LogP contribution < -0.4 is 5.73 Å². The Bertz CT molecular complexity index is 636. The molecule has 3 nitrogen and oxygen atoms in total. The normalized spacial score (nSPS) is 12.9. The van der Waals surface area contributed by atoms with Crippen LogP contribution in [-0.4, -0.2) is 17.9 Å². The van der Waals surface area contributed by atoms with Gasteiger partial charge in [-0.25, -0.2) is 0 Å². The molecule has 2 unspecified atom stereocenters. The first-order valence-electron chi connectivity index (χ1n) is 7.29. The highest BCUT2D eigenvalue weighted by molar-refractivity contribution is 9.10. The summed E-state index contributed by atoms with van der Waals surface area (Å²) in [6, 6.07) is 17.4. The monoisotopic (exact) mass is 396 g/mol. The van der Waals surface area contributed by atoms with Gasteiger partial charge in [-0.2, -0.15) is 0 Å². The zero-order chi connectivity index (χ0) is 16.1. The Morgan fingerprint density at radius 1 is 1.13 bits per heavy atom. The van der Waals surface area contributed by atoms with Crippen LogP contribution in [0.2, 0.25) is 0 Å². The number of benzene rings is 2. The van der Waals surface area contributed by atoms with Gasteiger partial charge in [0.25, 0.3) is 0 Å². The number of hydrogen-bond acceptors (Lipinski definition) is 2. The maximum absolute atomic E-state index is 12.6. The number of carbonyl (C=O) groups excluding carboxylic acids is 1. The molecule has 2 atom stereocenters. The fraction of sp³-hybridized carbons (Fsp3) is 0.278. The van der Waals surface area contributed by atoms with Gasteiger partial charge in [0.05, 0.1) is 5.92 Å². The Kier molecular flexibility index (Phi) is 7.76. The molecule has 5 heteroatoms. The largest absolute Gasteiger partial charge is 0.341 e. The van der Waals surface area contributed by atoms with Gasteiger partial charge >= 0.3 is 0 Å². The van der Waals surface area contributed by atoms with Crippen molar-refractivity contribution in [2.75, 3.05) is 7.05 Å². The molecule has 1 amide bonds. The maximum Gasteiger partial charge on any atom is 0.227 e.